The van der Waals surface area contributed by atoms with E-state index in [1.165, 1.54) is 77.0 Å². The summed E-state index contributed by atoms with van der Waals surface area (Å²) in [6.45, 7) is 2.27. The zero-order chi connectivity index (χ0) is 19.1. The normalized spacial score (nSPS) is 11.8. The Kier molecular flexibility index (Phi) is 13.0. The van der Waals surface area contributed by atoms with Gasteiger partial charge in [-0.2, -0.15) is 0 Å². The minimum Gasteiger partial charge on any atom is -0.321 e. The Morgan fingerprint density at radius 3 is 1.58 bits per heavy atom. The van der Waals surface area contributed by atoms with Crippen LogP contribution in [-0.2, 0) is 11.0 Å². The average Bonchev–Trinajstić information content (AvgIpc) is 2.61. The fourth-order valence-corrected chi connectivity index (χ4v) is 4.36. The molecule has 0 fully saturated rings. The summed E-state index contributed by atoms with van der Waals surface area (Å²) in [6, 6.07) is 6.96. The molecular weight excluding hydrogens is 343 g/mol. The van der Waals surface area contributed by atoms with E-state index in [4.69, 9.17) is 0 Å². The molecule has 0 heterocycles. The Labute approximate surface area is 160 Å². The molecular formula is C22H39O3P. The molecule has 26 heavy (non-hydrogen) atoms. The number of aryl methyl sites for hydroxylation is 1. The first-order valence-electron chi connectivity index (χ1n) is 10.7. The molecule has 3 nitrogen and oxygen atoms in total. The van der Waals surface area contributed by atoms with E-state index in [-0.39, 0.29) is 5.30 Å². The lowest BCUT2D eigenvalue weighted by Crippen LogP contribution is -2.10. The topological polar surface area (TPSA) is 57.5 Å². The molecule has 0 amide bonds. The molecule has 0 aliphatic carbocycles. The van der Waals surface area contributed by atoms with Crippen LogP contribution in [0.15, 0.2) is 24.3 Å². The second kappa shape index (κ2) is 14.4. The van der Waals surface area contributed by atoms with Gasteiger partial charge in [0.05, 0.1) is 5.30 Å². The van der Waals surface area contributed by atoms with Crippen LogP contribution in [0.5, 0.6) is 0 Å². The summed E-state index contributed by atoms with van der Waals surface area (Å²) >= 11 is 0. The van der Waals surface area contributed by atoms with Gasteiger partial charge >= 0.3 is 7.60 Å². The van der Waals surface area contributed by atoms with Crippen LogP contribution in [0.1, 0.15) is 102 Å². The minimum absolute atomic E-state index is 0.203. The van der Waals surface area contributed by atoms with Crippen LogP contribution in [0, 0.1) is 0 Å². The Hall–Kier alpha value is -0.630. The van der Waals surface area contributed by atoms with Crippen LogP contribution in [0.25, 0.3) is 0 Å². The molecule has 1 rings (SSSR count). The second-order valence-electron chi connectivity index (χ2n) is 7.52. The lowest BCUT2D eigenvalue weighted by Gasteiger charge is -2.10. The largest absolute Gasteiger partial charge is 0.356 e. The standard InChI is InChI=1S/C22H39O3P/c1-2-3-4-5-6-7-8-9-10-11-12-13-14-15-18-21-19-16-17-20-22(21)26(23,24)25/h16-17,19-20H,2-15,18H2,1H3,(H2,23,24,25). The predicted octanol–water partition coefficient (Wildman–Crippen LogP) is 6.51. The summed E-state index contributed by atoms with van der Waals surface area (Å²) in [6.07, 6.45) is 19.3. The van der Waals surface area contributed by atoms with Crippen molar-refractivity contribution in [1.82, 2.24) is 0 Å². The highest BCUT2D eigenvalue weighted by atomic mass is 31.2. The van der Waals surface area contributed by atoms with Gasteiger partial charge in [-0.25, -0.2) is 0 Å². The smallest absolute Gasteiger partial charge is 0.321 e. The lowest BCUT2D eigenvalue weighted by molar-refractivity contribution is 0.387. The third kappa shape index (κ3) is 11.2. The summed E-state index contributed by atoms with van der Waals surface area (Å²) in [7, 11) is -4.14. The molecule has 0 saturated heterocycles. The molecule has 1 aromatic carbocycles. The molecule has 0 aliphatic heterocycles. The third-order valence-electron chi connectivity index (χ3n) is 5.11. The maximum absolute atomic E-state index is 11.5. The van der Waals surface area contributed by atoms with Crippen molar-refractivity contribution in [2.45, 2.75) is 103 Å². The number of rotatable bonds is 16. The quantitative estimate of drug-likeness (QED) is 0.253. The van der Waals surface area contributed by atoms with Crippen LogP contribution in [-0.4, -0.2) is 9.79 Å². The van der Waals surface area contributed by atoms with Crippen molar-refractivity contribution in [3.63, 3.8) is 0 Å². The van der Waals surface area contributed by atoms with Gasteiger partial charge in [0, 0.05) is 0 Å². The highest BCUT2D eigenvalue weighted by Gasteiger charge is 2.20. The Balaban J connectivity index is 1.97. The Bertz CT molecular complexity index is 510. The van der Waals surface area contributed by atoms with Gasteiger partial charge in [-0.15, -0.1) is 0 Å². The summed E-state index contributed by atoms with van der Waals surface area (Å²) in [5.41, 5.74) is 0.805. The van der Waals surface area contributed by atoms with Crippen LogP contribution >= 0.6 is 7.60 Å². The molecule has 0 aliphatic rings. The van der Waals surface area contributed by atoms with E-state index >= 15 is 0 Å². The zero-order valence-corrected chi connectivity index (χ0v) is 17.6. The van der Waals surface area contributed by atoms with Gasteiger partial charge in [0.1, 0.15) is 0 Å². The molecule has 150 valence electrons. The van der Waals surface area contributed by atoms with Gasteiger partial charge in [0.2, 0.25) is 0 Å². The van der Waals surface area contributed by atoms with Crippen molar-refractivity contribution in [1.29, 1.82) is 0 Å². The molecule has 2 N–H and O–H groups in total. The Morgan fingerprint density at radius 2 is 1.12 bits per heavy atom. The van der Waals surface area contributed by atoms with E-state index in [1.54, 1.807) is 12.1 Å². The average molecular weight is 383 g/mol. The van der Waals surface area contributed by atoms with E-state index in [0.717, 1.165) is 24.8 Å². The summed E-state index contributed by atoms with van der Waals surface area (Å²) in [4.78, 5) is 18.8. The third-order valence-corrected chi connectivity index (χ3v) is 6.17. The molecule has 4 heteroatoms. The SMILES string of the molecule is CCCCCCCCCCCCCCCCc1ccccc1P(=O)(O)O. The van der Waals surface area contributed by atoms with E-state index in [1.807, 2.05) is 12.1 Å². The van der Waals surface area contributed by atoms with Crippen molar-refractivity contribution in [2.24, 2.45) is 0 Å². The van der Waals surface area contributed by atoms with Gasteiger partial charge in [-0.1, -0.05) is 109 Å². The van der Waals surface area contributed by atoms with Crippen LogP contribution in [0.3, 0.4) is 0 Å². The molecule has 1 aromatic rings. The summed E-state index contributed by atoms with van der Waals surface area (Å²) in [5.74, 6) is 0. The monoisotopic (exact) mass is 382 g/mol. The molecule has 0 radical (unpaired) electrons. The van der Waals surface area contributed by atoms with Gasteiger partial charge in [-0.05, 0) is 24.5 Å². The van der Waals surface area contributed by atoms with Crippen LogP contribution in [0.4, 0.5) is 0 Å². The van der Waals surface area contributed by atoms with Crippen molar-refractivity contribution in [2.75, 3.05) is 0 Å². The second-order valence-corrected chi connectivity index (χ2v) is 9.09. The van der Waals surface area contributed by atoms with Crippen LogP contribution in [0.2, 0.25) is 0 Å². The Morgan fingerprint density at radius 1 is 0.692 bits per heavy atom. The fraction of sp³-hybridized carbons (Fsp3) is 0.727. The van der Waals surface area contributed by atoms with Gasteiger partial charge in [0.25, 0.3) is 0 Å². The van der Waals surface area contributed by atoms with Gasteiger partial charge < -0.3 is 9.79 Å². The van der Waals surface area contributed by atoms with Crippen molar-refractivity contribution in [3.05, 3.63) is 29.8 Å². The molecule has 0 bridgehead atoms. The molecule has 0 spiro atoms. The first-order valence-corrected chi connectivity index (χ1v) is 12.3. The predicted molar refractivity (Wildman–Crippen MR) is 112 cm³/mol. The number of hydrogen-bond acceptors (Lipinski definition) is 1. The number of benzene rings is 1. The maximum Gasteiger partial charge on any atom is 0.356 e. The van der Waals surface area contributed by atoms with Crippen molar-refractivity contribution in [3.8, 4) is 0 Å². The van der Waals surface area contributed by atoms with Gasteiger partial charge in [0.15, 0.2) is 0 Å². The molecule has 0 aromatic heterocycles. The van der Waals surface area contributed by atoms with E-state index < -0.39 is 7.60 Å². The maximum atomic E-state index is 11.5. The summed E-state index contributed by atoms with van der Waals surface area (Å²) in [5, 5.41) is 0.203. The number of unbranched alkanes of at least 4 members (excludes halogenated alkanes) is 13. The van der Waals surface area contributed by atoms with E-state index in [9.17, 15) is 14.4 Å². The van der Waals surface area contributed by atoms with E-state index in [2.05, 4.69) is 6.92 Å². The molecule has 0 unspecified atom stereocenters. The number of hydrogen-bond donors (Lipinski definition) is 2. The minimum atomic E-state index is -4.14. The molecule has 0 atom stereocenters. The highest BCUT2D eigenvalue weighted by molar-refractivity contribution is 7.60. The zero-order valence-electron chi connectivity index (χ0n) is 16.7. The van der Waals surface area contributed by atoms with E-state index in [0.29, 0.717) is 0 Å². The van der Waals surface area contributed by atoms with Crippen molar-refractivity contribution >= 4 is 12.9 Å². The van der Waals surface area contributed by atoms with Crippen molar-refractivity contribution < 1.29 is 14.4 Å². The van der Waals surface area contributed by atoms with Crippen LogP contribution < -0.4 is 5.30 Å². The first kappa shape index (κ1) is 23.4. The molecule has 0 saturated carbocycles. The van der Waals surface area contributed by atoms with Gasteiger partial charge in [-0.3, -0.25) is 4.57 Å². The fourth-order valence-electron chi connectivity index (χ4n) is 3.52. The summed E-state index contributed by atoms with van der Waals surface area (Å²) < 4.78 is 11.5. The first-order chi connectivity index (χ1) is 12.6. The highest BCUT2D eigenvalue weighted by Crippen LogP contribution is 2.34. The lowest BCUT2D eigenvalue weighted by atomic mass is 10.0.